The SMILES string of the molecule is C=CCCOC(=O)[C@H]1[C@H]2C(=O)N([C@@H](CO)[C@@H](C)CC)C(C(=O)N(CC=C)Cc3ccccc3)C23CC(Br)[C@@H]1S3. The molecule has 8 atom stereocenters. The van der Waals surface area contributed by atoms with Gasteiger partial charge in [-0.25, -0.2) is 0 Å². The molecule has 1 aromatic carbocycles. The summed E-state index contributed by atoms with van der Waals surface area (Å²) < 4.78 is 4.80. The number of ether oxygens (including phenoxy) is 1. The van der Waals surface area contributed by atoms with Crippen molar-refractivity contribution in [3.63, 3.8) is 0 Å². The number of carbonyl (C=O) groups excluding carboxylic acids is 3. The first-order chi connectivity index (χ1) is 18.7. The number of likely N-dealkylation sites (tertiary alicyclic amines) is 1. The molecular formula is C30H39BrN2O5S. The first-order valence-electron chi connectivity index (χ1n) is 13.7. The average molecular weight is 620 g/mol. The highest BCUT2D eigenvalue weighted by molar-refractivity contribution is 9.09. The lowest BCUT2D eigenvalue weighted by Crippen LogP contribution is -2.58. The second-order valence-corrected chi connectivity index (χ2v) is 13.5. The van der Waals surface area contributed by atoms with E-state index in [0.29, 0.717) is 25.9 Å². The van der Waals surface area contributed by atoms with Crippen molar-refractivity contribution in [1.29, 1.82) is 0 Å². The molecule has 39 heavy (non-hydrogen) atoms. The number of alkyl halides is 1. The van der Waals surface area contributed by atoms with Crippen molar-refractivity contribution < 1.29 is 24.2 Å². The predicted molar refractivity (Wildman–Crippen MR) is 157 cm³/mol. The van der Waals surface area contributed by atoms with Gasteiger partial charge < -0.3 is 19.6 Å². The molecule has 0 aliphatic carbocycles. The number of benzene rings is 1. The number of thioether (sulfide) groups is 1. The third-order valence-electron chi connectivity index (χ3n) is 8.52. The maximum Gasteiger partial charge on any atom is 0.310 e. The maximum atomic E-state index is 14.6. The number of fused-ring (bicyclic) bond motifs is 1. The minimum absolute atomic E-state index is 0.0357. The molecule has 0 saturated carbocycles. The van der Waals surface area contributed by atoms with Gasteiger partial charge in [0.15, 0.2) is 0 Å². The Bertz CT molecular complexity index is 1090. The number of aliphatic hydroxyl groups is 1. The van der Waals surface area contributed by atoms with Crippen LogP contribution in [0.1, 0.15) is 38.7 Å². The number of halogens is 1. The van der Waals surface area contributed by atoms with Gasteiger partial charge in [-0.15, -0.1) is 24.9 Å². The molecular weight excluding hydrogens is 580 g/mol. The summed E-state index contributed by atoms with van der Waals surface area (Å²) in [5.74, 6) is -2.19. The van der Waals surface area contributed by atoms with Gasteiger partial charge >= 0.3 is 5.97 Å². The summed E-state index contributed by atoms with van der Waals surface area (Å²) in [5.41, 5.74) is 0.976. The fourth-order valence-electron chi connectivity index (χ4n) is 6.49. The summed E-state index contributed by atoms with van der Waals surface area (Å²) in [6, 6.07) is 8.39. The number of hydrogen-bond donors (Lipinski definition) is 1. The van der Waals surface area contributed by atoms with Gasteiger partial charge in [0, 0.05) is 23.2 Å². The van der Waals surface area contributed by atoms with Gasteiger partial charge in [-0.2, -0.15) is 0 Å². The summed E-state index contributed by atoms with van der Waals surface area (Å²) in [6.45, 7) is 12.2. The fourth-order valence-corrected chi connectivity index (χ4v) is 10.1. The molecule has 3 heterocycles. The molecule has 9 heteroatoms. The van der Waals surface area contributed by atoms with Gasteiger partial charge in [-0.1, -0.05) is 78.7 Å². The molecule has 0 radical (unpaired) electrons. The Morgan fingerprint density at radius 3 is 2.64 bits per heavy atom. The normalized spacial score (nSPS) is 30.5. The topological polar surface area (TPSA) is 87.1 Å². The molecule has 1 spiro atoms. The molecule has 3 fully saturated rings. The molecule has 2 amide bonds. The Hall–Kier alpha value is -2.10. The van der Waals surface area contributed by atoms with Crippen molar-refractivity contribution in [3.05, 3.63) is 61.2 Å². The molecule has 2 bridgehead atoms. The van der Waals surface area contributed by atoms with Crippen molar-refractivity contribution in [3.8, 4) is 0 Å². The van der Waals surface area contributed by atoms with E-state index >= 15 is 0 Å². The smallest absolute Gasteiger partial charge is 0.310 e. The summed E-state index contributed by atoms with van der Waals surface area (Å²) in [7, 11) is 0. The Morgan fingerprint density at radius 1 is 1.31 bits per heavy atom. The number of carbonyl (C=O) groups is 3. The lowest BCUT2D eigenvalue weighted by Gasteiger charge is -2.41. The number of aliphatic hydroxyl groups excluding tert-OH is 1. The highest BCUT2D eigenvalue weighted by atomic mass is 79.9. The molecule has 1 N–H and O–H groups in total. The van der Waals surface area contributed by atoms with E-state index < -0.39 is 34.6 Å². The van der Waals surface area contributed by atoms with Gasteiger partial charge in [0.25, 0.3) is 0 Å². The molecule has 212 valence electrons. The van der Waals surface area contributed by atoms with Crippen LogP contribution in [0.3, 0.4) is 0 Å². The van der Waals surface area contributed by atoms with Crippen LogP contribution in [0.25, 0.3) is 0 Å². The van der Waals surface area contributed by atoms with Crippen LogP contribution in [0.15, 0.2) is 55.6 Å². The van der Waals surface area contributed by atoms with Crippen LogP contribution in [0.4, 0.5) is 0 Å². The molecule has 4 rings (SSSR count). The van der Waals surface area contributed by atoms with Gasteiger partial charge in [-0.05, 0) is 24.3 Å². The molecule has 1 aromatic rings. The Labute approximate surface area is 244 Å². The summed E-state index contributed by atoms with van der Waals surface area (Å²) in [4.78, 5) is 45.7. The van der Waals surface area contributed by atoms with Crippen LogP contribution in [0.2, 0.25) is 0 Å². The fraction of sp³-hybridized carbons (Fsp3) is 0.567. The number of hydrogen-bond acceptors (Lipinski definition) is 6. The van der Waals surface area contributed by atoms with Crippen LogP contribution in [-0.2, 0) is 25.7 Å². The monoisotopic (exact) mass is 618 g/mol. The van der Waals surface area contributed by atoms with Crippen molar-refractivity contribution in [2.75, 3.05) is 19.8 Å². The van der Waals surface area contributed by atoms with Crippen LogP contribution in [-0.4, -0.2) is 79.4 Å². The van der Waals surface area contributed by atoms with Crippen molar-refractivity contribution in [1.82, 2.24) is 9.80 Å². The van der Waals surface area contributed by atoms with E-state index in [4.69, 9.17) is 4.74 Å². The van der Waals surface area contributed by atoms with Crippen molar-refractivity contribution >= 4 is 45.5 Å². The lowest BCUT2D eigenvalue weighted by molar-refractivity contribution is -0.154. The van der Waals surface area contributed by atoms with Gasteiger partial charge in [-0.3, -0.25) is 14.4 Å². The number of nitrogens with zero attached hydrogens (tertiary/aromatic N) is 2. The minimum atomic E-state index is -0.814. The number of rotatable bonds is 13. The minimum Gasteiger partial charge on any atom is -0.465 e. The van der Waals surface area contributed by atoms with E-state index in [1.54, 1.807) is 33.7 Å². The predicted octanol–water partition coefficient (Wildman–Crippen LogP) is 4.19. The van der Waals surface area contributed by atoms with Gasteiger partial charge in [0.2, 0.25) is 11.8 Å². The largest absolute Gasteiger partial charge is 0.465 e. The Balaban J connectivity index is 1.78. The summed E-state index contributed by atoms with van der Waals surface area (Å²) in [5, 5.41) is 10.4. The zero-order valence-electron chi connectivity index (χ0n) is 22.7. The number of amides is 2. The van der Waals surface area contributed by atoms with E-state index in [1.807, 2.05) is 44.2 Å². The number of esters is 1. The maximum absolute atomic E-state index is 14.6. The highest BCUT2D eigenvalue weighted by Crippen LogP contribution is 2.68. The molecule has 0 aromatic heterocycles. The third-order valence-corrected chi connectivity index (χ3v) is 11.7. The molecule has 7 nitrogen and oxygen atoms in total. The second-order valence-electron chi connectivity index (χ2n) is 10.8. The lowest BCUT2D eigenvalue weighted by atomic mass is 9.71. The Morgan fingerprint density at radius 2 is 2.03 bits per heavy atom. The van der Waals surface area contributed by atoms with Gasteiger partial charge in [0.1, 0.15) is 6.04 Å². The van der Waals surface area contributed by atoms with E-state index in [0.717, 1.165) is 12.0 Å². The zero-order valence-corrected chi connectivity index (χ0v) is 25.1. The molecule has 3 aliphatic heterocycles. The molecule has 3 aliphatic rings. The summed E-state index contributed by atoms with van der Waals surface area (Å²) >= 11 is 5.37. The van der Waals surface area contributed by atoms with Crippen LogP contribution in [0.5, 0.6) is 0 Å². The second kappa shape index (κ2) is 12.6. The average Bonchev–Trinajstić information content (AvgIpc) is 3.52. The van der Waals surface area contributed by atoms with E-state index in [2.05, 4.69) is 29.1 Å². The first-order valence-corrected chi connectivity index (χ1v) is 15.5. The molecule has 3 saturated heterocycles. The standard InChI is InChI=1S/C30H39BrN2O5S/c1-5-8-15-38-29(37)23-24-27(35)33(22(18-34)19(4)7-3)26(30(24)16-21(31)25(23)39-30)28(36)32(14-6-2)17-20-12-10-9-11-13-20/h5-6,9-13,19,21-26,34H,1-2,7-8,14-18H2,3-4H3/t19-,21?,22-,23-,24-,25-,26?,30?/m0/s1. The first kappa shape index (κ1) is 29.9. The van der Waals surface area contributed by atoms with Crippen molar-refractivity contribution in [2.24, 2.45) is 17.8 Å². The van der Waals surface area contributed by atoms with Crippen molar-refractivity contribution in [2.45, 2.75) is 66.6 Å². The van der Waals surface area contributed by atoms with Gasteiger partial charge in [0.05, 0.1) is 35.8 Å². The third kappa shape index (κ3) is 5.34. The van der Waals surface area contributed by atoms with Crippen LogP contribution >= 0.6 is 27.7 Å². The summed E-state index contributed by atoms with van der Waals surface area (Å²) in [6.07, 6.45) is 5.22. The van der Waals surface area contributed by atoms with Crippen LogP contribution in [0, 0.1) is 17.8 Å². The Kier molecular flexibility index (Phi) is 9.65. The quantitative estimate of drug-likeness (QED) is 0.154. The van der Waals surface area contributed by atoms with E-state index in [-0.39, 0.29) is 41.0 Å². The van der Waals surface area contributed by atoms with E-state index in [1.165, 1.54) is 0 Å². The highest BCUT2D eigenvalue weighted by Gasteiger charge is 2.76. The van der Waals surface area contributed by atoms with E-state index in [9.17, 15) is 19.5 Å². The zero-order chi connectivity index (χ0) is 28.3. The molecule has 3 unspecified atom stereocenters. The van der Waals surface area contributed by atoms with Crippen LogP contribution < -0.4 is 0 Å².